The molecule has 0 aliphatic carbocycles. The second-order valence-corrected chi connectivity index (χ2v) is 10.7. The number of nitrogens with one attached hydrogen (secondary N) is 1. The Morgan fingerprint density at radius 3 is 2.50 bits per heavy atom. The van der Waals surface area contributed by atoms with E-state index in [0.29, 0.717) is 29.2 Å². The number of fused-ring (bicyclic) bond motifs is 2. The number of alkyl halides is 2. The van der Waals surface area contributed by atoms with Gasteiger partial charge < -0.3 is 24.8 Å². The summed E-state index contributed by atoms with van der Waals surface area (Å²) in [6.07, 6.45) is 3.47. The molecule has 3 atom stereocenters. The van der Waals surface area contributed by atoms with Gasteiger partial charge in [-0.05, 0) is 68.1 Å². The molecule has 0 aromatic heterocycles. The summed E-state index contributed by atoms with van der Waals surface area (Å²) in [6.45, 7) is 4.43. The molecule has 0 unspecified atom stereocenters. The summed E-state index contributed by atoms with van der Waals surface area (Å²) in [7, 11) is 0. The minimum Gasteiger partial charge on any atom is -0.454 e. The first-order valence-electron chi connectivity index (χ1n) is 13.3. The van der Waals surface area contributed by atoms with E-state index in [4.69, 9.17) is 9.47 Å². The molecule has 0 saturated carbocycles. The van der Waals surface area contributed by atoms with Crippen LogP contribution in [0.5, 0.6) is 11.5 Å². The molecular weight excluding hydrogens is 502 g/mol. The number of likely N-dealkylation sites (tertiary alicyclic amines) is 1. The number of nitrogens with zero attached hydrogens (tertiary/aromatic N) is 2. The van der Waals surface area contributed by atoms with Crippen LogP contribution in [0.4, 0.5) is 23.2 Å². The summed E-state index contributed by atoms with van der Waals surface area (Å²) in [5.74, 6) is -4.14. The molecule has 0 spiro atoms. The van der Waals surface area contributed by atoms with Crippen molar-refractivity contribution in [1.29, 1.82) is 0 Å². The van der Waals surface area contributed by atoms with Crippen molar-refractivity contribution in [3.8, 4) is 11.5 Å². The van der Waals surface area contributed by atoms with Crippen molar-refractivity contribution in [1.82, 2.24) is 9.80 Å². The summed E-state index contributed by atoms with van der Waals surface area (Å²) < 4.78 is 71.5. The summed E-state index contributed by atoms with van der Waals surface area (Å²) >= 11 is 0. The van der Waals surface area contributed by atoms with Gasteiger partial charge in [-0.1, -0.05) is 13.3 Å². The molecule has 3 heterocycles. The van der Waals surface area contributed by atoms with E-state index in [9.17, 15) is 13.9 Å². The van der Waals surface area contributed by atoms with Crippen molar-refractivity contribution in [2.24, 2.45) is 0 Å². The first-order valence-corrected chi connectivity index (χ1v) is 13.3. The zero-order chi connectivity index (χ0) is 27.0. The monoisotopic (exact) mass is 537 g/mol. The minimum atomic E-state index is -3.44. The van der Waals surface area contributed by atoms with Crippen LogP contribution in [0.25, 0.3) is 0 Å². The van der Waals surface area contributed by atoms with Gasteiger partial charge in [-0.15, -0.1) is 0 Å². The lowest BCUT2D eigenvalue weighted by atomic mass is 9.84. The van der Waals surface area contributed by atoms with Crippen molar-refractivity contribution in [3.63, 3.8) is 0 Å². The van der Waals surface area contributed by atoms with Crippen molar-refractivity contribution >= 4 is 5.69 Å². The van der Waals surface area contributed by atoms with Gasteiger partial charge in [0.25, 0.3) is 5.92 Å². The Morgan fingerprint density at radius 1 is 1.11 bits per heavy atom. The van der Waals surface area contributed by atoms with E-state index in [1.807, 2.05) is 0 Å². The fourth-order valence-electron chi connectivity index (χ4n) is 5.89. The van der Waals surface area contributed by atoms with E-state index in [-0.39, 0.29) is 18.4 Å². The van der Waals surface area contributed by atoms with Crippen LogP contribution in [0.1, 0.15) is 55.8 Å². The molecule has 10 heteroatoms. The average molecular weight is 538 g/mol. The zero-order valence-corrected chi connectivity index (χ0v) is 21.8. The van der Waals surface area contributed by atoms with Crippen molar-refractivity contribution in [3.05, 3.63) is 52.6 Å². The Labute approximate surface area is 220 Å². The number of rotatable bonds is 9. The molecule has 0 radical (unpaired) electrons. The molecule has 1 fully saturated rings. The molecule has 2 N–H and O–H groups in total. The van der Waals surface area contributed by atoms with Crippen LogP contribution in [0, 0.1) is 11.6 Å². The quantitative estimate of drug-likeness (QED) is 0.442. The number of benzene rings is 2. The fraction of sp³-hybridized carbons (Fsp3) is 0.571. The Hall–Kier alpha value is -2.56. The fourth-order valence-corrected chi connectivity index (χ4v) is 5.89. The van der Waals surface area contributed by atoms with E-state index < -0.39 is 42.8 Å². The van der Waals surface area contributed by atoms with Gasteiger partial charge in [-0.25, -0.2) is 17.6 Å². The number of unbranched alkanes of at least 4 members (excludes halogenated alkanes) is 1. The Bertz CT molecular complexity index is 1140. The minimum absolute atomic E-state index is 0.0187. The lowest BCUT2D eigenvalue weighted by molar-refractivity contribution is -0.0867. The van der Waals surface area contributed by atoms with Crippen LogP contribution in [-0.2, 0) is 6.42 Å². The molecule has 0 bridgehead atoms. The summed E-state index contributed by atoms with van der Waals surface area (Å²) in [5, 5.41) is 12.5. The highest BCUT2D eigenvalue weighted by Crippen LogP contribution is 2.46. The molecule has 6 nitrogen and oxygen atoms in total. The molecule has 2 aromatic carbocycles. The SMILES string of the molecule is CCCCN1CC[C@H](Nc2cc(F)c([C@@H]3c4cc5c(cc4C[C@@H](C)N3CC(F)(F)CO)OCO5)c(F)c2)C1. The van der Waals surface area contributed by atoms with E-state index in [2.05, 4.69) is 17.1 Å². The number of aliphatic hydroxyl groups excluding tert-OH is 1. The Morgan fingerprint density at radius 2 is 1.82 bits per heavy atom. The topological polar surface area (TPSA) is 57.2 Å². The maximum absolute atomic E-state index is 15.8. The molecule has 208 valence electrons. The summed E-state index contributed by atoms with van der Waals surface area (Å²) in [4.78, 5) is 3.71. The number of hydrogen-bond acceptors (Lipinski definition) is 6. The third-order valence-electron chi connectivity index (χ3n) is 7.81. The predicted octanol–water partition coefficient (Wildman–Crippen LogP) is 4.94. The highest BCUT2D eigenvalue weighted by molar-refractivity contribution is 5.55. The second kappa shape index (κ2) is 10.9. The van der Waals surface area contributed by atoms with Crippen LogP contribution < -0.4 is 14.8 Å². The predicted molar refractivity (Wildman–Crippen MR) is 136 cm³/mol. The molecule has 3 aliphatic rings. The van der Waals surface area contributed by atoms with Gasteiger partial charge in [0, 0.05) is 36.4 Å². The van der Waals surface area contributed by atoms with Crippen LogP contribution in [0.3, 0.4) is 0 Å². The average Bonchev–Trinajstić information content (AvgIpc) is 3.51. The lowest BCUT2D eigenvalue weighted by Crippen LogP contribution is -2.49. The van der Waals surface area contributed by atoms with E-state index >= 15 is 8.78 Å². The largest absolute Gasteiger partial charge is 0.454 e. The summed E-state index contributed by atoms with van der Waals surface area (Å²) in [5.41, 5.74) is 1.27. The molecule has 38 heavy (non-hydrogen) atoms. The molecule has 3 aliphatic heterocycles. The van der Waals surface area contributed by atoms with Gasteiger partial charge in [0.2, 0.25) is 6.79 Å². The standard InChI is InChI=1S/C28H35F4N3O3/c1-3-4-6-34-7-5-19(13-34)33-20-10-22(29)26(23(30)11-20)27-21-12-25-24(37-16-38-25)9-18(21)8-17(2)35(27)14-28(31,32)15-36/h9-12,17,19,27,33,36H,3-8,13-16H2,1-2H3/t17-,19+,27+/m1/s1. The highest BCUT2D eigenvalue weighted by Gasteiger charge is 2.43. The second-order valence-electron chi connectivity index (χ2n) is 10.7. The van der Waals surface area contributed by atoms with Crippen molar-refractivity contribution < 1.29 is 32.1 Å². The van der Waals surface area contributed by atoms with Gasteiger partial charge in [-0.2, -0.15) is 0 Å². The molecule has 1 saturated heterocycles. The van der Waals surface area contributed by atoms with Gasteiger partial charge in [-0.3, -0.25) is 4.90 Å². The number of halogens is 4. The number of ether oxygens (including phenoxy) is 2. The molecular formula is C28H35F4N3O3. The third-order valence-corrected chi connectivity index (χ3v) is 7.81. The maximum Gasteiger partial charge on any atom is 0.283 e. The Balaban J connectivity index is 1.49. The van der Waals surface area contributed by atoms with Gasteiger partial charge in [0.1, 0.15) is 18.2 Å². The number of hydrogen-bond donors (Lipinski definition) is 2. The first kappa shape index (κ1) is 27.0. The Kier molecular flexibility index (Phi) is 7.75. The van der Waals surface area contributed by atoms with Gasteiger partial charge >= 0.3 is 0 Å². The van der Waals surface area contributed by atoms with Crippen LogP contribution in [-0.4, -0.2) is 72.5 Å². The maximum atomic E-state index is 15.8. The van der Waals surface area contributed by atoms with Gasteiger partial charge in [0.15, 0.2) is 11.5 Å². The van der Waals surface area contributed by atoms with Gasteiger partial charge in [0.05, 0.1) is 12.6 Å². The normalized spacial score (nSPS) is 23.6. The highest BCUT2D eigenvalue weighted by atomic mass is 19.3. The van der Waals surface area contributed by atoms with Crippen molar-refractivity contribution in [2.75, 3.05) is 44.9 Å². The first-order chi connectivity index (χ1) is 18.2. The van der Waals surface area contributed by atoms with E-state index in [0.717, 1.165) is 44.5 Å². The van der Waals surface area contributed by atoms with Crippen LogP contribution >= 0.6 is 0 Å². The zero-order valence-electron chi connectivity index (χ0n) is 21.8. The number of aliphatic hydroxyl groups is 1. The molecule has 0 amide bonds. The van der Waals surface area contributed by atoms with Crippen LogP contribution in [0.15, 0.2) is 24.3 Å². The number of anilines is 1. The third kappa shape index (κ3) is 5.44. The summed E-state index contributed by atoms with van der Waals surface area (Å²) in [6, 6.07) is 4.36. The van der Waals surface area contributed by atoms with Crippen LogP contribution in [0.2, 0.25) is 0 Å². The molecule has 5 rings (SSSR count). The van der Waals surface area contributed by atoms with Crippen molar-refractivity contribution in [2.45, 2.75) is 63.6 Å². The lowest BCUT2D eigenvalue weighted by Gasteiger charge is -2.43. The van der Waals surface area contributed by atoms with E-state index in [1.165, 1.54) is 17.0 Å². The molecule has 2 aromatic rings. The van der Waals surface area contributed by atoms with E-state index in [1.54, 1.807) is 19.1 Å². The smallest absolute Gasteiger partial charge is 0.283 e.